The van der Waals surface area contributed by atoms with E-state index in [1.54, 1.807) is 24.3 Å². The molecular weight excluding hydrogens is 334 g/mol. The SMILES string of the molecule is COC(=O)c1ccccc1Sc1nnc(-c2ccccc2)cc1C#N. The number of hydrogen-bond acceptors (Lipinski definition) is 6. The summed E-state index contributed by atoms with van der Waals surface area (Å²) in [6, 6.07) is 20.4. The summed E-state index contributed by atoms with van der Waals surface area (Å²) in [5.74, 6) is -0.435. The van der Waals surface area contributed by atoms with Gasteiger partial charge in [-0.15, -0.1) is 10.2 Å². The lowest BCUT2D eigenvalue weighted by Crippen LogP contribution is -2.03. The molecule has 3 rings (SSSR count). The Morgan fingerprint density at radius 2 is 1.80 bits per heavy atom. The van der Waals surface area contributed by atoms with Crippen LogP contribution in [0.5, 0.6) is 0 Å². The molecule has 0 radical (unpaired) electrons. The van der Waals surface area contributed by atoms with Gasteiger partial charge in [-0.2, -0.15) is 5.26 Å². The average Bonchev–Trinajstić information content (AvgIpc) is 2.68. The maximum absolute atomic E-state index is 11.9. The number of carbonyl (C=O) groups is 1. The molecule has 0 unspecified atom stereocenters. The molecule has 25 heavy (non-hydrogen) atoms. The van der Waals surface area contributed by atoms with E-state index in [4.69, 9.17) is 4.74 Å². The van der Waals surface area contributed by atoms with Crippen molar-refractivity contribution in [1.82, 2.24) is 10.2 Å². The minimum Gasteiger partial charge on any atom is -0.465 e. The molecular formula is C19H13N3O2S. The fraction of sp³-hybridized carbons (Fsp3) is 0.0526. The topological polar surface area (TPSA) is 75.9 Å². The number of aromatic nitrogens is 2. The first kappa shape index (κ1) is 16.7. The van der Waals surface area contributed by atoms with Crippen LogP contribution < -0.4 is 0 Å². The van der Waals surface area contributed by atoms with Crippen LogP contribution in [0, 0.1) is 11.3 Å². The summed E-state index contributed by atoms with van der Waals surface area (Å²) >= 11 is 1.22. The zero-order valence-electron chi connectivity index (χ0n) is 13.3. The lowest BCUT2D eigenvalue weighted by atomic mass is 10.1. The van der Waals surface area contributed by atoms with Crippen molar-refractivity contribution in [3.8, 4) is 17.3 Å². The molecule has 0 bridgehead atoms. The van der Waals surface area contributed by atoms with Crippen molar-refractivity contribution >= 4 is 17.7 Å². The van der Waals surface area contributed by atoms with Crippen LogP contribution in [-0.2, 0) is 4.74 Å². The molecule has 0 aliphatic rings. The van der Waals surface area contributed by atoms with E-state index in [1.165, 1.54) is 18.9 Å². The second-order valence-corrected chi connectivity index (χ2v) is 6.05. The Bertz CT molecular complexity index is 952. The minimum atomic E-state index is -0.435. The molecule has 0 saturated carbocycles. The van der Waals surface area contributed by atoms with Crippen LogP contribution in [0.1, 0.15) is 15.9 Å². The van der Waals surface area contributed by atoms with Crippen LogP contribution in [0.25, 0.3) is 11.3 Å². The molecule has 1 aromatic heterocycles. The standard InChI is InChI=1S/C19H13N3O2S/c1-24-19(23)15-9-5-6-10-17(15)25-18-14(12-20)11-16(21-22-18)13-7-3-2-4-8-13/h2-11H,1H3. The summed E-state index contributed by atoms with van der Waals surface area (Å²) in [6.45, 7) is 0. The second kappa shape index (κ2) is 7.60. The number of ether oxygens (including phenoxy) is 1. The summed E-state index contributed by atoms with van der Waals surface area (Å²) in [4.78, 5) is 12.5. The zero-order valence-corrected chi connectivity index (χ0v) is 14.2. The molecule has 0 N–H and O–H groups in total. The number of benzene rings is 2. The summed E-state index contributed by atoms with van der Waals surface area (Å²) in [5.41, 5.74) is 2.34. The predicted molar refractivity (Wildman–Crippen MR) is 94.1 cm³/mol. The molecule has 0 aliphatic carbocycles. The van der Waals surface area contributed by atoms with E-state index in [-0.39, 0.29) is 0 Å². The van der Waals surface area contributed by atoms with Gasteiger partial charge in [0, 0.05) is 10.5 Å². The highest BCUT2D eigenvalue weighted by Gasteiger charge is 2.16. The molecule has 5 nitrogen and oxygen atoms in total. The molecule has 0 atom stereocenters. The molecule has 0 aliphatic heterocycles. The lowest BCUT2D eigenvalue weighted by molar-refractivity contribution is 0.0597. The molecule has 6 heteroatoms. The quantitative estimate of drug-likeness (QED) is 0.665. The van der Waals surface area contributed by atoms with Crippen molar-refractivity contribution in [2.24, 2.45) is 0 Å². The van der Waals surface area contributed by atoms with Gasteiger partial charge in [0.15, 0.2) is 0 Å². The Balaban J connectivity index is 1.97. The predicted octanol–water partition coefficient (Wildman–Crippen LogP) is 3.95. The maximum Gasteiger partial charge on any atom is 0.339 e. The molecule has 0 saturated heterocycles. The van der Waals surface area contributed by atoms with Crippen LogP contribution in [0.3, 0.4) is 0 Å². The third kappa shape index (κ3) is 3.67. The van der Waals surface area contributed by atoms with Gasteiger partial charge >= 0.3 is 5.97 Å². The lowest BCUT2D eigenvalue weighted by Gasteiger charge is -2.08. The van der Waals surface area contributed by atoms with Crippen molar-refractivity contribution in [3.63, 3.8) is 0 Å². The van der Waals surface area contributed by atoms with E-state index in [0.717, 1.165) is 5.56 Å². The van der Waals surface area contributed by atoms with Gasteiger partial charge in [0.1, 0.15) is 11.1 Å². The van der Waals surface area contributed by atoms with Crippen LogP contribution in [-0.4, -0.2) is 23.3 Å². The maximum atomic E-state index is 11.9. The molecule has 3 aromatic rings. The zero-order chi connectivity index (χ0) is 17.6. The molecule has 1 heterocycles. The van der Waals surface area contributed by atoms with Crippen LogP contribution >= 0.6 is 11.8 Å². The number of hydrogen-bond donors (Lipinski definition) is 0. The van der Waals surface area contributed by atoms with Crippen molar-refractivity contribution < 1.29 is 9.53 Å². The first-order valence-electron chi connectivity index (χ1n) is 7.41. The first-order valence-corrected chi connectivity index (χ1v) is 8.23. The summed E-state index contributed by atoms with van der Waals surface area (Å²) in [5, 5.41) is 18.3. The molecule has 2 aromatic carbocycles. The highest BCUT2D eigenvalue weighted by atomic mass is 32.2. The van der Waals surface area contributed by atoms with Gasteiger partial charge in [-0.05, 0) is 18.2 Å². The van der Waals surface area contributed by atoms with Gasteiger partial charge in [0.05, 0.1) is 23.9 Å². The molecule has 0 amide bonds. The molecule has 122 valence electrons. The van der Waals surface area contributed by atoms with Gasteiger partial charge in [-0.3, -0.25) is 0 Å². The van der Waals surface area contributed by atoms with E-state index < -0.39 is 5.97 Å². The smallest absolute Gasteiger partial charge is 0.339 e. The largest absolute Gasteiger partial charge is 0.465 e. The fourth-order valence-corrected chi connectivity index (χ4v) is 3.14. The number of esters is 1. The summed E-state index contributed by atoms with van der Waals surface area (Å²) in [6.07, 6.45) is 0. The van der Waals surface area contributed by atoms with Gasteiger partial charge in [0.25, 0.3) is 0 Å². The van der Waals surface area contributed by atoms with Gasteiger partial charge < -0.3 is 4.74 Å². The van der Waals surface area contributed by atoms with E-state index in [2.05, 4.69) is 16.3 Å². The number of nitrogens with zero attached hydrogens (tertiary/aromatic N) is 3. The van der Waals surface area contributed by atoms with Crippen molar-refractivity contribution in [2.45, 2.75) is 9.92 Å². The van der Waals surface area contributed by atoms with Crippen LogP contribution in [0.2, 0.25) is 0 Å². The second-order valence-electron chi connectivity index (χ2n) is 5.02. The van der Waals surface area contributed by atoms with E-state index in [9.17, 15) is 10.1 Å². The Morgan fingerprint density at radius 1 is 1.08 bits per heavy atom. The normalized spacial score (nSPS) is 10.1. The highest BCUT2D eigenvalue weighted by Crippen LogP contribution is 2.32. The van der Waals surface area contributed by atoms with E-state index in [0.29, 0.717) is 26.7 Å². The first-order chi connectivity index (χ1) is 12.2. The Hall–Kier alpha value is -3.17. The van der Waals surface area contributed by atoms with Crippen molar-refractivity contribution in [2.75, 3.05) is 7.11 Å². The number of rotatable bonds is 4. The highest BCUT2D eigenvalue weighted by molar-refractivity contribution is 7.99. The fourth-order valence-electron chi connectivity index (χ4n) is 2.22. The third-order valence-electron chi connectivity index (χ3n) is 3.45. The summed E-state index contributed by atoms with van der Waals surface area (Å²) < 4.78 is 4.79. The molecule has 0 spiro atoms. The van der Waals surface area contributed by atoms with Gasteiger partial charge in [-0.25, -0.2) is 4.79 Å². The molecule has 0 fully saturated rings. The Labute approximate surface area is 149 Å². The third-order valence-corrected chi connectivity index (χ3v) is 4.52. The number of nitriles is 1. The Kier molecular flexibility index (Phi) is 5.07. The monoisotopic (exact) mass is 347 g/mol. The summed E-state index contributed by atoms with van der Waals surface area (Å²) in [7, 11) is 1.33. The van der Waals surface area contributed by atoms with Crippen LogP contribution in [0.4, 0.5) is 0 Å². The Morgan fingerprint density at radius 3 is 2.52 bits per heavy atom. The minimum absolute atomic E-state index is 0.401. The van der Waals surface area contributed by atoms with Gasteiger partial charge in [0.2, 0.25) is 0 Å². The average molecular weight is 347 g/mol. The van der Waals surface area contributed by atoms with Crippen molar-refractivity contribution in [3.05, 3.63) is 71.8 Å². The number of carbonyl (C=O) groups excluding carboxylic acids is 1. The van der Waals surface area contributed by atoms with Crippen molar-refractivity contribution in [1.29, 1.82) is 5.26 Å². The van der Waals surface area contributed by atoms with E-state index in [1.807, 2.05) is 36.4 Å². The van der Waals surface area contributed by atoms with E-state index >= 15 is 0 Å². The van der Waals surface area contributed by atoms with Gasteiger partial charge in [-0.1, -0.05) is 54.2 Å². The number of methoxy groups -OCH3 is 1. The van der Waals surface area contributed by atoms with Crippen LogP contribution in [0.15, 0.2) is 70.6 Å².